The first-order valence-corrected chi connectivity index (χ1v) is 11.4. The van der Waals surface area contributed by atoms with Crippen LogP contribution in [0.25, 0.3) is 0 Å². The van der Waals surface area contributed by atoms with E-state index >= 15 is 0 Å². The Labute approximate surface area is 189 Å². The van der Waals surface area contributed by atoms with Crippen molar-refractivity contribution in [2.24, 2.45) is 0 Å². The summed E-state index contributed by atoms with van der Waals surface area (Å²) in [6, 6.07) is 4.76. The minimum absolute atomic E-state index is 0.286. The molecule has 8 heteroatoms. The highest BCUT2D eigenvalue weighted by Gasteiger charge is 2.41. The Hall–Kier alpha value is -2.58. The zero-order chi connectivity index (χ0) is 22.2. The molecule has 172 valence electrons. The number of nitrogens with zero attached hydrogens (tertiary/aromatic N) is 4. The van der Waals surface area contributed by atoms with Gasteiger partial charge in [-0.25, -0.2) is 9.97 Å². The van der Waals surface area contributed by atoms with Crippen LogP contribution >= 0.6 is 0 Å². The highest BCUT2D eigenvalue weighted by Crippen LogP contribution is 2.46. The molecule has 8 nitrogen and oxygen atoms in total. The van der Waals surface area contributed by atoms with Gasteiger partial charge in [0, 0.05) is 55.5 Å². The lowest BCUT2D eigenvalue weighted by Crippen LogP contribution is -2.41. The van der Waals surface area contributed by atoms with Crippen LogP contribution in [0.15, 0.2) is 18.3 Å². The largest absolute Gasteiger partial charge is 0.493 e. The van der Waals surface area contributed by atoms with Crippen LogP contribution in [0.2, 0.25) is 0 Å². The van der Waals surface area contributed by atoms with Crippen molar-refractivity contribution in [3.8, 4) is 17.2 Å². The Bertz CT molecular complexity index is 985. The molecule has 0 unspecified atom stereocenters. The molecule has 2 bridgehead atoms. The molecule has 1 N–H and O–H groups in total. The number of anilines is 1. The molecule has 0 spiro atoms. The smallest absolute Gasteiger partial charge is 0.225 e. The molecule has 2 fully saturated rings. The number of hydrogen-bond donors (Lipinski definition) is 1. The van der Waals surface area contributed by atoms with Gasteiger partial charge >= 0.3 is 0 Å². The maximum atomic E-state index is 10.0. The summed E-state index contributed by atoms with van der Waals surface area (Å²) in [4.78, 5) is 14.3. The molecule has 1 aromatic heterocycles. The Balaban J connectivity index is 1.40. The zero-order valence-corrected chi connectivity index (χ0v) is 19.1. The van der Waals surface area contributed by atoms with Crippen molar-refractivity contribution in [1.82, 2.24) is 14.9 Å². The monoisotopic (exact) mass is 440 g/mol. The van der Waals surface area contributed by atoms with Crippen molar-refractivity contribution in [2.45, 2.75) is 56.8 Å². The Morgan fingerprint density at radius 3 is 2.66 bits per heavy atom. The Morgan fingerprint density at radius 2 is 1.91 bits per heavy atom. The zero-order valence-electron chi connectivity index (χ0n) is 19.1. The third-order valence-electron chi connectivity index (χ3n) is 7.14. The minimum atomic E-state index is -0.286. The van der Waals surface area contributed by atoms with Crippen LogP contribution in [0.4, 0.5) is 5.95 Å². The molecule has 2 aromatic rings. The van der Waals surface area contributed by atoms with Gasteiger partial charge in [0.1, 0.15) is 0 Å². The van der Waals surface area contributed by atoms with E-state index in [4.69, 9.17) is 24.2 Å². The number of fused-ring (bicyclic) bond motifs is 4. The average Bonchev–Trinajstić information content (AvgIpc) is 3.09. The fraction of sp³-hybridized carbons (Fsp3) is 0.583. The first-order valence-electron chi connectivity index (χ1n) is 11.4. The van der Waals surface area contributed by atoms with Crippen LogP contribution in [-0.4, -0.2) is 66.5 Å². The summed E-state index contributed by atoms with van der Waals surface area (Å²) in [5.41, 5.74) is 3.49. The van der Waals surface area contributed by atoms with Crippen molar-refractivity contribution >= 4 is 5.95 Å². The van der Waals surface area contributed by atoms with E-state index in [-0.39, 0.29) is 6.10 Å². The quantitative estimate of drug-likeness (QED) is 0.735. The maximum Gasteiger partial charge on any atom is 0.225 e. The van der Waals surface area contributed by atoms with Crippen molar-refractivity contribution < 1.29 is 19.3 Å². The predicted octanol–water partition coefficient (Wildman–Crippen LogP) is 2.73. The summed E-state index contributed by atoms with van der Waals surface area (Å²) < 4.78 is 16.7. The van der Waals surface area contributed by atoms with Crippen LogP contribution in [0.1, 0.15) is 48.5 Å². The number of piperidine rings is 1. The molecule has 0 radical (unpaired) electrons. The number of β-amino-alcohol motifs (C(OH)–C–C–N with tert-alkyl or cyclic N) is 1. The van der Waals surface area contributed by atoms with E-state index in [0.29, 0.717) is 30.1 Å². The summed E-state index contributed by atoms with van der Waals surface area (Å²) >= 11 is 0. The van der Waals surface area contributed by atoms with Crippen LogP contribution in [0.3, 0.4) is 0 Å². The van der Waals surface area contributed by atoms with Crippen molar-refractivity contribution in [3.05, 3.63) is 35.2 Å². The predicted molar refractivity (Wildman–Crippen MR) is 121 cm³/mol. The Morgan fingerprint density at radius 1 is 1.06 bits per heavy atom. The molecule has 4 heterocycles. The average molecular weight is 441 g/mol. The molecule has 2 saturated heterocycles. The fourth-order valence-electron chi connectivity index (χ4n) is 5.58. The van der Waals surface area contributed by atoms with E-state index in [1.807, 2.05) is 12.3 Å². The number of aromatic nitrogens is 2. The molecule has 5 rings (SSSR count). The number of aliphatic hydroxyl groups excluding tert-OH is 1. The van der Waals surface area contributed by atoms with Gasteiger partial charge in [-0.2, -0.15) is 0 Å². The van der Waals surface area contributed by atoms with E-state index in [0.717, 1.165) is 68.1 Å². The molecular formula is C24H32N4O4. The Kier molecular flexibility index (Phi) is 5.82. The normalized spacial score (nSPS) is 24.9. The second-order valence-corrected chi connectivity index (χ2v) is 8.93. The van der Waals surface area contributed by atoms with Crippen LogP contribution in [0.5, 0.6) is 17.2 Å². The third kappa shape index (κ3) is 3.65. The SMILES string of the molecule is COc1ccc(CN2[C@H]3CC[C@H]2c2cnc(N4CCC[C@@H](O)C4)nc2C3)c(OC)c1OC. The molecule has 0 saturated carbocycles. The third-order valence-corrected chi connectivity index (χ3v) is 7.14. The van der Waals surface area contributed by atoms with Gasteiger partial charge in [-0.05, 0) is 31.7 Å². The topological polar surface area (TPSA) is 80.2 Å². The molecule has 32 heavy (non-hydrogen) atoms. The van der Waals surface area contributed by atoms with Crippen molar-refractivity contribution in [3.63, 3.8) is 0 Å². The number of rotatable bonds is 6. The summed E-state index contributed by atoms with van der Waals surface area (Å²) in [5, 5.41) is 10.0. The number of methoxy groups -OCH3 is 3. The summed E-state index contributed by atoms with van der Waals surface area (Å²) in [7, 11) is 4.95. The van der Waals surface area contributed by atoms with E-state index in [1.54, 1.807) is 21.3 Å². The molecule has 0 aliphatic carbocycles. The van der Waals surface area contributed by atoms with Gasteiger partial charge < -0.3 is 24.2 Å². The first-order chi connectivity index (χ1) is 15.6. The molecule has 1 aromatic carbocycles. The molecule has 3 aliphatic heterocycles. The maximum absolute atomic E-state index is 10.0. The van der Waals surface area contributed by atoms with Gasteiger partial charge in [0.25, 0.3) is 0 Å². The number of hydrogen-bond acceptors (Lipinski definition) is 8. The van der Waals surface area contributed by atoms with E-state index in [1.165, 1.54) is 5.56 Å². The minimum Gasteiger partial charge on any atom is -0.493 e. The lowest BCUT2D eigenvalue weighted by Gasteiger charge is -2.37. The van der Waals surface area contributed by atoms with Crippen molar-refractivity contribution in [1.29, 1.82) is 0 Å². The second kappa shape index (κ2) is 8.75. The molecule has 3 aliphatic rings. The summed E-state index contributed by atoms with van der Waals surface area (Å²) in [6.45, 7) is 2.31. The summed E-state index contributed by atoms with van der Waals surface area (Å²) in [6.07, 6.45) is 6.75. The van der Waals surface area contributed by atoms with Gasteiger partial charge in [-0.15, -0.1) is 0 Å². The lowest BCUT2D eigenvalue weighted by atomic mass is 9.98. The second-order valence-electron chi connectivity index (χ2n) is 8.93. The lowest BCUT2D eigenvalue weighted by molar-refractivity contribution is 0.153. The highest BCUT2D eigenvalue weighted by atomic mass is 16.5. The van der Waals surface area contributed by atoms with Gasteiger partial charge in [0.05, 0.1) is 33.1 Å². The number of ether oxygens (including phenoxy) is 3. The molecular weight excluding hydrogens is 408 g/mol. The molecule has 3 atom stereocenters. The van der Waals surface area contributed by atoms with Gasteiger partial charge in [0.15, 0.2) is 11.5 Å². The van der Waals surface area contributed by atoms with Crippen molar-refractivity contribution in [2.75, 3.05) is 39.3 Å². The van der Waals surface area contributed by atoms with E-state index in [9.17, 15) is 5.11 Å². The van der Waals surface area contributed by atoms with Crippen LogP contribution in [0, 0.1) is 0 Å². The molecule has 0 amide bonds. The number of benzene rings is 1. The van der Waals surface area contributed by atoms with Gasteiger partial charge in [-0.3, -0.25) is 4.90 Å². The standard InChI is InChI=1S/C24H32N4O4/c1-30-21-9-6-15(22(31-2)23(21)32-3)13-28-16-7-8-20(28)18-12-25-24(26-19(18)11-16)27-10-4-5-17(29)14-27/h6,9,12,16-17,20,29H,4-5,7-8,10-11,13-14H2,1-3H3/t16-,17+,20-/m0/s1. The van der Waals surface area contributed by atoms with E-state index < -0.39 is 0 Å². The fourth-order valence-corrected chi connectivity index (χ4v) is 5.58. The van der Waals surface area contributed by atoms with Gasteiger partial charge in [-0.1, -0.05) is 6.07 Å². The van der Waals surface area contributed by atoms with Crippen LogP contribution < -0.4 is 19.1 Å². The highest BCUT2D eigenvalue weighted by molar-refractivity contribution is 5.56. The van der Waals surface area contributed by atoms with Crippen LogP contribution in [-0.2, 0) is 13.0 Å². The first kappa shape index (κ1) is 21.3. The summed E-state index contributed by atoms with van der Waals surface area (Å²) in [5.74, 6) is 2.79. The van der Waals surface area contributed by atoms with Gasteiger partial charge in [0.2, 0.25) is 11.7 Å². The number of aliphatic hydroxyl groups is 1. The van der Waals surface area contributed by atoms with E-state index in [2.05, 4.69) is 15.9 Å².